The van der Waals surface area contributed by atoms with Gasteiger partial charge in [-0.3, -0.25) is 0 Å². The Morgan fingerprint density at radius 2 is 1.09 bits per heavy atom. The van der Waals surface area contributed by atoms with E-state index in [0.29, 0.717) is 29.0 Å². The Kier molecular flexibility index (Phi) is 7.68. The second-order valence-corrected chi connectivity index (χ2v) is 9.36. The lowest BCUT2D eigenvalue weighted by Crippen LogP contribution is -2.07. The zero-order chi connectivity index (χ0) is 29.6. The van der Waals surface area contributed by atoms with E-state index in [4.69, 9.17) is 10.5 Å². The van der Waals surface area contributed by atoms with Crippen molar-refractivity contribution in [2.45, 2.75) is 0 Å². The van der Waals surface area contributed by atoms with Crippen LogP contribution >= 0.6 is 0 Å². The van der Waals surface area contributed by atoms with Gasteiger partial charge in [-0.05, 0) is 66.7 Å². The van der Waals surface area contributed by atoms with E-state index in [1.165, 1.54) is 12.1 Å². The number of aromatic nitrogens is 5. The SMILES string of the molecule is COc1cccc(-c2cc(-c3ccc(Nc4nc(Nc5ccccc5)nc(Nc5ccc(F)cc5)n4)cc3)nc(N)n2)c1. The predicted molar refractivity (Wildman–Crippen MR) is 166 cm³/mol. The Labute approximate surface area is 246 Å². The highest BCUT2D eigenvalue weighted by atomic mass is 19.1. The molecule has 4 aromatic carbocycles. The van der Waals surface area contributed by atoms with Gasteiger partial charge in [0.25, 0.3) is 0 Å². The van der Waals surface area contributed by atoms with Gasteiger partial charge in [0.1, 0.15) is 11.6 Å². The highest BCUT2D eigenvalue weighted by molar-refractivity contribution is 5.72. The van der Waals surface area contributed by atoms with Crippen molar-refractivity contribution in [3.05, 3.63) is 115 Å². The van der Waals surface area contributed by atoms with Crippen LogP contribution in [0, 0.1) is 5.82 Å². The van der Waals surface area contributed by atoms with E-state index in [1.54, 1.807) is 19.2 Å². The zero-order valence-electron chi connectivity index (χ0n) is 23.0. The highest BCUT2D eigenvalue weighted by Gasteiger charge is 2.11. The van der Waals surface area contributed by atoms with Crippen LogP contribution in [0.4, 0.5) is 45.2 Å². The van der Waals surface area contributed by atoms with Crippen LogP contribution in [0.1, 0.15) is 0 Å². The molecule has 0 unspecified atom stereocenters. The number of halogens is 1. The Balaban J connectivity index is 1.26. The van der Waals surface area contributed by atoms with Crippen molar-refractivity contribution in [2.75, 3.05) is 28.8 Å². The molecule has 0 aliphatic rings. The fraction of sp³-hybridized carbons (Fsp3) is 0.0312. The summed E-state index contributed by atoms with van der Waals surface area (Å²) in [5.41, 5.74) is 11.3. The summed E-state index contributed by atoms with van der Waals surface area (Å²) in [6.45, 7) is 0. The molecule has 0 bridgehead atoms. The van der Waals surface area contributed by atoms with Gasteiger partial charge in [-0.1, -0.05) is 42.5 Å². The van der Waals surface area contributed by atoms with Gasteiger partial charge in [-0.2, -0.15) is 15.0 Å². The Bertz CT molecular complexity index is 1850. The largest absolute Gasteiger partial charge is 0.497 e. The first-order chi connectivity index (χ1) is 21.0. The van der Waals surface area contributed by atoms with E-state index in [0.717, 1.165) is 28.3 Å². The number of ether oxygens (including phenoxy) is 1. The quantitative estimate of drug-likeness (QED) is 0.144. The van der Waals surface area contributed by atoms with Crippen molar-refractivity contribution in [2.24, 2.45) is 0 Å². The monoisotopic (exact) mass is 571 g/mol. The highest BCUT2D eigenvalue weighted by Crippen LogP contribution is 2.28. The van der Waals surface area contributed by atoms with Gasteiger partial charge in [0, 0.05) is 28.2 Å². The van der Waals surface area contributed by atoms with Crippen molar-refractivity contribution < 1.29 is 9.13 Å². The number of nitrogen functional groups attached to an aromatic ring is 1. The molecule has 2 heterocycles. The van der Waals surface area contributed by atoms with Crippen LogP contribution in [0.3, 0.4) is 0 Å². The van der Waals surface area contributed by atoms with Gasteiger partial charge in [0.15, 0.2) is 0 Å². The number of nitrogens with two attached hydrogens (primary N) is 1. The number of hydrogen-bond donors (Lipinski definition) is 4. The summed E-state index contributed by atoms with van der Waals surface area (Å²) in [5.74, 6) is 1.47. The number of nitrogens with one attached hydrogen (secondary N) is 3. The molecule has 11 heteroatoms. The van der Waals surface area contributed by atoms with Gasteiger partial charge >= 0.3 is 0 Å². The summed E-state index contributed by atoms with van der Waals surface area (Å²) in [5, 5.41) is 9.53. The van der Waals surface area contributed by atoms with Gasteiger partial charge < -0.3 is 26.4 Å². The van der Waals surface area contributed by atoms with E-state index in [9.17, 15) is 4.39 Å². The first-order valence-electron chi connectivity index (χ1n) is 13.3. The molecular formula is C32H26FN9O. The lowest BCUT2D eigenvalue weighted by Gasteiger charge is -2.12. The lowest BCUT2D eigenvalue weighted by atomic mass is 10.1. The van der Waals surface area contributed by atoms with Crippen molar-refractivity contribution >= 4 is 40.9 Å². The predicted octanol–water partition coefficient (Wildman–Crippen LogP) is 6.96. The minimum Gasteiger partial charge on any atom is -0.497 e. The average molecular weight is 572 g/mol. The molecule has 0 saturated carbocycles. The maximum Gasteiger partial charge on any atom is 0.233 e. The molecule has 6 rings (SSSR count). The van der Waals surface area contributed by atoms with E-state index in [1.807, 2.05) is 84.9 Å². The van der Waals surface area contributed by atoms with Crippen molar-refractivity contribution in [1.29, 1.82) is 0 Å². The van der Waals surface area contributed by atoms with Crippen molar-refractivity contribution in [3.63, 3.8) is 0 Å². The summed E-state index contributed by atoms with van der Waals surface area (Å²) in [7, 11) is 1.62. The van der Waals surface area contributed by atoms with Gasteiger partial charge in [-0.15, -0.1) is 0 Å². The van der Waals surface area contributed by atoms with Crippen LogP contribution < -0.4 is 26.4 Å². The number of benzene rings is 4. The normalized spacial score (nSPS) is 10.7. The lowest BCUT2D eigenvalue weighted by molar-refractivity contribution is 0.415. The fourth-order valence-electron chi connectivity index (χ4n) is 4.25. The summed E-state index contributed by atoms with van der Waals surface area (Å²) in [6.07, 6.45) is 0. The number of methoxy groups -OCH3 is 1. The third kappa shape index (κ3) is 6.80. The smallest absolute Gasteiger partial charge is 0.233 e. The van der Waals surface area contributed by atoms with Crippen LogP contribution in [0.25, 0.3) is 22.5 Å². The second kappa shape index (κ2) is 12.2. The Morgan fingerprint density at radius 3 is 1.67 bits per heavy atom. The minimum atomic E-state index is -0.334. The molecule has 10 nitrogen and oxygen atoms in total. The van der Waals surface area contributed by atoms with E-state index in [-0.39, 0.29) is 17.7 Å². The molecule has 6 aromatic rings. The zero-order valence-corrected chi connectivity index (χ0v) is 23.0. The average Bonchev–Trinajstić information content (AvgIpc) is 3.03. The van der Waals surface area contributed by atoms with E-state index >= 15 is 0 Å². The summed E-state index contributed by atoms with van der Waals surface area (Å²) < 4.78 is 18.8. The number of nitrogens with zero attached hydrogens (tertiary/aromatic N) is 5. The Morgan fingerprint density at radius 1 is 0.558 bits per heavy atom. The second-order valence-electron chi connectivity index (χ2n) is 9.36. The Hall–Kier alpha value is -6.10. The van der Waals surface area contributed by atoms with Gasteiger partial charge in [0.05, 0.1) is 18.5 Å². The third-order valence-electron chi connectivity index (χ3n) is 6.31. The van der Waals surface area contributed by atoms with E-state index < -0.39 is 0 Å². The number of hydrogen-bond acceptors (Lipinski definition) is 10. The van der Waals surface area contributed by atoms with Crippen LogP contribution in [0.15, 0.2) is 109 Å². The number of rotatable bonds is 9. The maximum absolute atomic E-state index is 13.4. The van der Waals surface area contributed by atoms with Crippen molar-refractivity contribution in [3.8, 4) is 28.3 Å². The molecule has 43 heavy (non-hydrogen) atoms. The third-order valence-corrected chi connectivity index (χ3v) is 6.31. The molecule has 0 radical (unpaired) electrons. The molecule has 0 fully saturated rings. The van der Waals surface area contributed by atoms with E-state index in [2.05, 4.69) is 40.9 Å². The molecule has 2 aromatic heterocycles. The summed E-state index contributed by atoms with van der Waals surface area (Å²) in [6, 6.07) is 32.6. The molecule has 212 valence electrons. The molecule has 5 N–H and O–H groups in total. The molecule has 0 aliphatic carbocycles. The van der Waals surface area contributed by atoms with Gasteiger partial charge in [-0.25, -0.2) is 14.4 Å². The molecule has 0 atom stereocenters. The molecule has 0 saturated heterocycles. The molecule has 0 aliphatic heterocycles. The van der Waals surface area contributed by atoms with Gasteiger partial charge in [0.2, 0.25) is 23.8 Å². The number of para-hydroxylation sites is 1. The summed E-state index contributed by atoms with van der Waals surface area (Å²) >= 11 is 0. The van der Waals surface area contributed by atoms with Crippen molar-refractivity contribution in [1.82, 2.24) is 24.9 Å². The molecule has 0 amide bonds. The standard InChI is InChI=1S/C32H26FN9O/c1-43-26-9-5-6-21(18-26)28-19-27(38-29(34)39-28)20-10-14-24(15-11-20)36-31-40-30(35-23-7-3-2-4-8-23)41-32(42-31)37-25-16-12-22(33)13-17-25/h2-19H,1H3,(H2,34,38,39)(H3,35,36,37,40,41,42). The van der Waals surface area contributed by atoms with Crippen LogP contribution in [0.5, 0.6) is 5.75 Å². The minimum absolute atomic E-state index is 0.169. The first-order valence-corrected chi connectivity index (χ1v) is 13.3. The molecule has 0 spiro atoms. The van der Waals surface area contributed by atoms with Crippen LogP contribution in [-0.4, -0.2) is 32.0 Å². The number of anilines is 7. The summed E-state index contributed by atoms with van der Waals surface area (Å²) in [4.78, 5) is 22.4. The first kappa shape index (κ1) is 27.1. The van der Waals surface area contributed by atoms with Crippen LogP contribution in [0.2, 0.25) is 0 Å². The van der Waals surface area contributed by atoms with Crippen LogP contribution in [-0.2, 0) is 0 Å². The molecular weight excluding hydrogens is 545 g/mol. The topological polar surface area (TPSA) is 136 Å². The maximum atomic E-state index is 13.4. The fourth-order valence-corrected chi connectivity index (χ4v) is 4.25.